The maximum atomic E-state index is 12.6. The fourth-order valence-electron chi connectivity index (χ4n) is 4.27. The van der Waals surface area contributed by atoms with Gasteiger partial charge in [0, 0.05) is 25.6 Å². The van der Waals surface area contributed by atoms with E-state index in [9.17, 15) is 4.79 Å². The van der Waals surface area contributed by atoms with Gasteiger partial charge in [0.1, 0.15) is 11.5 Å². The Labute approximate surface area is 173 Å². The molecule has 1 heterocycles. The van der Waals surface area contributed by atoms with Crippen molar-refractivity contribution in [3.63, 3.8) is 0 Å². The maximum Gasteiger partial charge on any atom is 0.317 e. The zero-order chi connectivity index (χ0) is 20.1. The lowest BCUT2D eigenvalue weighted by molar-refractivity contribution is 0.207. The predicted octanol–water partition coefficient (Wildman–Crippen LogP) is 4.72. The molecule has 0 radical (unpaired) electrons. The molecule has 1 aliphatic carbocycles. The summed E-state index contributed by atoms with van der Waals surface area (Å²) in [5.74, 6) is 2.17. The number of nitrogens with zero attached hydrogens (tertiary/aromatic N) is 1. The Kier molecular flexibility index (Phi) is 6.23. The summed E-state index contributed by atoms with van der Waals surface area (Å²) in [5, 5.41) is 3.05. The van der Waals surface area contributed by atoms with Crippen molar-refractivity contribution in [3.05, 3.63) is 59.7 Å². The summed E-state index contributed by atoms with van der Waals surface area (Å²) in [6.45, 7) is 2.08. The largest absolute Gasteiger partial charge is 0.497 e. The molecule has 1 aliphatic heterocycles. The zero-order valence-electron chi connectivity index (χ0n) is 17.1. The highest BCUT2D eigenvalue weighted by molar-refractivity contribution is 5.74. The third-order valence-corrected chi connectivity index (χ3v) is 6.03. The van der Waals surface area contributed by atoms with E-state index in [1.807, 2.05) is 41.3 Å². The number of amides is 2. The SMILES string of the molecule is COc1ccc(C2CCN(C(=O)NCc3ccc(OC4CCCC4)cc3)C2)cc1. The first kappa shape index (κ1) is 19.6. The molecule has 0 spiro atoms. The number of rotatable bonds is 6. The number of likely N-dealkylation sites (tertiary alicyclic amines) is 1. The van der Waals surface area contributed by atoms with Gasteiger partial charge >= 0.3 is 6.03 Å². The molecule has 0 bridgehead atoms. The van der Waals surface area contributed by atoms with Crippen LogP contribution in [-0.2, 0) is 6.54 Å². The molecule has 29 heavy (non-hydrogen) atoms. The summed E-state index contributed by atoms with van der Waals surface area (Å²) in [5.41, 5.74) is 2.35. The number of carbonyl (C=O) groups excluding carboxylic acids is 1. The van der Waals surface area contributed by atoms with Crippen LogP contribution in [0, 0.1) is 0 Å². The Morgan fingerprint density at radius 3 is 2.38 bits per heavy atom. The van der Waals surface area contributed by atoms with Gasteiger partial charge in [0.2, 0.25) is 0 Å². The van der Waals surface area contributed by atoms with E-state index in [1.54, 1.807) is 7.11 Å². The fraction of sp³-hybridized carbons (Fsp3) is 0.458. The number of methoxy groups -OCH3 is 1. The minimum absolute atomic E-state index is 0.00675. The summed E-state index contributed by atoms with van der Waals surface area (Å²) >= 11 is 0. The van der Waals surface area contributed by atoms with Crippen LogP contribution < -0.4 is 14.8 Å². The Morgan fingerprint density at radius 2 is 1.69 bits per heavy atom. The van der Waals surface area contributed by atoms with Gasteiger partial charge in [0.15, 0.2) is 0 Å². The minimum Gasteiger partial charge on any atom is -0.497 e. The fourth-order valence-corrected chi connectivity index (χ4v) is 4.27. The third kappa shape index (κ3) is 5.03. The highest BCUT2D eigenvalue weighted by Crippen LogP contribution is 2.28. The smallest absolute Gasteiger partial charge is 0.317 e. The van der Waals surface area contributed by atoms with Gasteiger partial charge in [-0.15, -0.1) is 0 Å². The lowest BCUT2D eigenvalue weighted by Crippen LogP contribution is -2.37. The van der Waals surface area contributed by atoms with Crippen LogP contribution in [0.4, 0.5) is 4.79 Å². The Balaban J connectivity index is 1.24. The summed E-state index contributed by atoms with van der Waals surface area (Å²) < 4.78 is 11.2. The van der Waals surface area contributed by atoms with Gasteiger partial charge in [-0.25, -0.2) is 4.79 Å². The molecule has 1 N–H and O–H groups in total. The van der Waals surface area contributed by atoms with Crippen molar-refractivity contribution in [2.45, 2.75) is 50.7 Å². The summed E-state index contributed by atoms with van der Waals surface area (Å²) in [6.07, 6.45) is 6.22. The van der Waals surface area contributed by atoms with Crippen LogP contribution in [0.5, 0.6) is 11.5 Å². The van der Waals surface area contributed by atoms with Gasteiger partial charge in [-0.1, -0.05) is 24.3 Å². The monoisotopic (exact) mass is 394 g/mol. The first-order valence-electron chi connectivity index (χ1n) is 10.6. The molecule has 2 amide bonds. The summed E-state index contributed by atoms with van der Waals surface area (Å²) in [4.78, 5) is 14.5. The number of benzene rings is 2. The van der Waals surface area contributed by atoms with Gasteiger partial charge in [-0.05, 0) is 67.5 Å². The van der Waals surface area contributed by atoms with Gasteiger partial charge < -0.3 is 19.7 Å². The van der Waals surface area contributed by atoms with E-state index in [-0.39, 0.29) is 6.03 Å². The molecule has 1 unspecified atom stereocenters. The van der Waals surface area contributed by atoms with Crippen LogP contribution in [0.2, 0.25) is 0 Å². The molecular weight excluding hydrogens is 364 g/mol. The van der Waals surface area contributed by atoms with Gasteiger partial charge in [0.05, 0.1) is 13.2 Å². The lowest BCUT2D eigenvalue weighted by atomic mass is 9.98. The standard InChI is InChI=1S/C24H30N2O3/c1-28-21-12-8-19(9-13-21)20-14-15-26(17-20)24(27)25-16-18-6-10-23(11-7-18)29-22-4-2-3-5-22/h6-13,20,22H,2-5,14-17H2,1H3,(H,25,27). The van der Waals surface area contributed by atoms with Crippen LogP contribution in [0.1, 0.15) is 49.1 Å². The minimum atomic E-state index is 0.00675. The van der Waals surface area contributed by atoms with Crippen LogP contribution in [0.3, 0.4) is 0 Å². The molecular formula is C24H30N2O3. The van der Waals surface area contributed by atoms with Crippen molar-refractivity contribution in [1.82, 2.24) is 10.2 Å². The van der Waals surface area contributed by atoms with Gasteiger partial charge in [0.25, 0.3) is 0 Å². The van der Waals surface area contributed by atoms with E-state index in [1.165, 1.54) is 18.4 Å². The second-order valence-electron chi connectivity index (χ2n) is 8.03. The topological polar surface area (TPSA) is 50.8 Å². The molecule has 2 aromatic carbocycles. The number of nitrogens with one attached hydrogen (secondary N) is 1. The van der Waals surface area contributed by atoms with Crippen molar-refractivity contribution in [2.24, 2.45) is 0 Å². The van der Waals surface area contributed by atoms with Crippen LogP contribution >= 0.6 is 0 Å². The van der Waals surface area contributed by atoms with Gasteiger partial charge in [-0.3, -0.25) is 0 Å². The van der Waals surface area contributed by atoms with Crippen molar-refractivity contribution in [3.8, 4) is 11.5 Å². The predicted molar refractivity (Wildman–Crippen MR) is 113 cm³/mol. The number of hydrogen-bond donors (Lipinski definition) is 1. The van der Waals surface area contributed by atoms with Crippen molar-refractivity contribution < 1.29 is 14.3 Å². The molecule has 2 aromatic rings. The first-order chi connectivity index (χ1) is 14.2. The zero-order valence-corrected chi connectivity index (χ0v) is 17.1. The quantitative estimate of drug-likeness (QED) is 0.772. The second kappa shape index (κ2) is 9.21. The number of urea groups is 1. The van der Waals surface area contributed by atoms with E-state index in [0.717, 1.165) is 49.4 Å². The second-order valence-corrected chi connectivity index (χ2v) is 8.03. The molecule has 154 valence electrons. The Morgan fingerprint density at radius 1 is 1.00 bits per heavy atom. The van der Waals surface area contributed by atoms with Crippen LogP contribution in [0.15, 0.2) is 48.5 Å². The van der Waals surface area contributed by atoms with Crippen molar-refractivity contribution in [2.75, 3.05) is 20.2 Å². The average molecular weight is 395 g/mol. The molecule has 5 nitrogen and oxygen atoms in total. The van der Waals surface area contributed by atoms with E-state index < -0.39 is 0 Å². The lowest BCUT2D eigenvalue weighted by Gasteiger charge is -2.18. The van der Waals surface area contributed by atoms with E-state index in [4.69, 9.17) is 9.47 Å². The van der Waals surface area contributed by atoms with E-state index >= 15 is 0 Å². The normalized spacial score (nSPS) is 19.3. The molecule has 2 aliphatic rings. The maximum absolute atomic E-state index is 12.6. The Bertz CT molecular complexity index is 798. The molecule has 0 aromatic heterocycles. The number of hydrogen-bond acceptors (Lipinski definition) is 3. The van der Waals surface area contributed by atoms with Crippen molar-refractivity contribution in [1.29, 1.82) is 0 Å². The van der Waals surface area contributed by atoms with Crippen molar-refractivity contribution >= 4 is 6.03 Å². The Hall–Kier alpha value is -2.69. The molecule has 4 rings (SSSR count). The summed E-state index contributed by atoms with van der Waals surface area (Å²) in [6, 6.07) is 16.3. The average Bonchev–Trinajstić information content (AvgIpc) is 3.45. The number of ether oxygens (including phenoxy) is 2. The molecule has 1 saturated heterocycles. The van der Waals surface area contributed by atoms with Crippen LogP contribution in [-0.4, -0.2) is 37.2 Å². The number of carbonyl (C=O) groups is 1. The third-order valence-electron chi connectivity index (χ3n) is 6.03. The van der Waals surface area contributed by atoms with E-state index in [0.29, 0.717) is 18.6 Å². The van der Waals surface area contributed by atoms with E-state index in [2.05, 4.69) is 17.4 Å². The highest BCUT2D eigenvalue weighted by Gasteiger charge is 2.27. The first-order valence-corrected chi connectivity index (χ1v) is 10.6. The van der Waals surface area contributed by atoms with Crippen LogP contribution in [0.25, 0.3) is 0 Å². The molecule has 1 atom stereocenters. The van der Waals surface area contributed by atoms with Gasteiger partial charge in [-0.2, -0.15) is 0 Å². The summed E-state index contributed by atoms with van der Waals surface area (Å²) in [7, 11) is 1.67. The molecule has 2 fully saturated rings. The highest BCUT2D eigenvalue weighted by atomic mass is 16.5. The molecule has 1 saturated carbocycles. The molecule has 5 heteroatoms.